The van der Waals surface area contributed by atoms with Crippen molar-refractivity contribution in [3.63, 3.8) is 0 Å². The molecule has 0 bridgehead atoms. The van der Waals surface area contributed by atoms with Crippen molar-refractivity contribution in [2.75, 3.05) is 0 Å². The lowest BCUT2D eigenvalue weighted by Gasteiger charge is -2.19. The normalized spacial score (nSPS) is 12.1. The second-order valence-electron chi connectivity index (χ2n) is 16.5. The van der Waals surface area contributed by atoms with Gasteiger partial charge in [0, 0.05) is 0 Å². The van der Waals surface area contributed by atoms with Gasteiger partial charge in [-0.15, -0.1) is 0 Å². The Kier molecular flexibility index (Phi) is 7.00. The van der Waals surface area contributed by atoms with E-state index in [0.717, 1.165) is 0 Å². The molecule has 12 rings (SSSR count). The van der Waals surface area contributed by atoms with E-state index < -0.39 is 0 Å². The zero-order valence-electron chi connectivity index (χ0n) is 33.2. The Hall–Kier alpha value is -7.02. The molecule has 0 aliphatic carbocycles. The Balaban J connectivity index is 1.32. The smallest absolute Gasteiger partial charge is 0.000719 e. The molecule has 0 fully saturated rings. The molecule has 0 heteroatoms. The van der Waals surface area contributed by atoms with Crippen molar-refractivity contribution in [1.82, 2.24) is 0 Å². The van der Waals surface area contributed by atoms with Crippen LogP contribution >= 0.6 is 0 Å². The number of hydrogen-bond acceptors (Lipinski definition) is 0. The van der Waals surface area contributed by atoms with Crippen LogP contribution in [0.2, 0.25) is 0 Å². The molecule has 0 N–H and O–H groups in total. The van der Waals surface area contributed by atoms with Gasteiger partial charge in [-0.2, -0.15) is 0 Å². The van der Waals surface area contributed by atoms with E-state index in [-0.39, 0.29) is 0 Å². The fraction of sp³-hybridized carbons (Fsp3) is 0.0690. The standard InChI is InChI=1S/C58H40/c1-33-15-11-16-34(2)50(33)39-27-28-40-47(31-39)42-24-14-25-44-55(42)48(40)32-49-52(37-19-7-5-8-20-37)57-45-26-13-23-41-43(51-35(3)17-12-18-36(51)4)29-30-46(54(41)45)58(57)53(56(44)49)38-21-9-6-10-22-38/h5-32H,1-4H3. The van der Waals surface area contributed by atoms with Crippen LogP contribution in [-0.4, -0.2) is 0 Å². The Morgan fingerprint density at radius 3 is 1.40 bits per heavy atom. The summed E-state index contributed by atoms with van der Waals surface area (Å²) in [4.78, 5) is 0. The molecule has 0 unspecified atom stereocenters. The molecule has 0 radical (unpaired) electrons. The lowest BCUT2D eigenvalue weighted by atomic mass is 9.84. The molecule has 0 aromatic heterocycles. The highest BCUT2D eigenvalue weighted by Crippen LogP contribution is 2.55. The minimum absolute atomic E-state index is 1.24. The number of rotatable bonds is 4. The van der Waals surface area contributed by atoms with Gasteiger partial charge in [0.1, 0.15) is 0 Å². The van der Waals surface area contributed by atoms with Crippen molar-refractivity contribution < 1.29 is 0 Å². The first kappa shape index (κ1) is 33.2. The molecule has 272 valence electrons. The number of benzene rings is 10. The highest BCUT2D eigenvalue weighted by Gasteiger charge is 2.27. The average Bonchev–Trinajstić information content (AvgIpc) is 3.75. The van der Waals surface area contributed by atoms with Crippen molar-refractivity contribution in [2.24, 2.45) is 0 Å². The molecule has 12 aromatic carbocycles. The number of hydrogen-bond donors (Lipinski definition) is 0. The zero-order chi connectivity index (χ0) is 38.8. The molecule has 0 aliphatic heterocycles. The van der Waals surface area contributed by atoms with E-state index in [0.29, 0.717) is 0 Å². The Morgan fingerprint density at radius 2 is 0.724 bits per heavy atom. The van der Waals surface area contributed by atoms with Crippen LogP contribution in [-0.2, 0) is 0 Å². The summed E-state index contributed by atoms with van der Waals surface area (Å²) in [7, 11) is 0. The number of fused-ring (bicyclic) bond motifs is 8. The van der Waals surface area contributed by atoms with Crippen LogP contribution in [0.15, 0.2) is 170 Å². The molecule has 0 spiro atoms. The summed E-state index contributed by atoms with van der Waals surface area (Å²) in [5, 5.41) is 18.5. The predicted molar refractivity (Wildman–Crippen MR) is 252 cm³/mol. The Bertz CT molecular complexity index is 3580. The van der Waals surface area contributed by atoms with Gasteiger partial charge in [-0.1, -0.05) is 158 Å². The van der Waals surface area contributed by atoms with E-state index in [2.05, 4.69) is 198 Å². The van der Waals surface area contributed by atoms with Gasteiger partial charge in [-0.05, 0) is 182 Å². The molecule has 0 atom stereocenters. The third-order valence-corrected chi connectivity index (χ3v) is 13.3. The van der Waals surface area contributed by atoms with Crippen LogP contribution in [0.4, 0.5) is 0 Å². The fourth-order valence-corrected chi connectivity index (χ4v) is 10.9. The largest absolute Gasteiger partial charge is 0.0622 e. The lowest BCUT2D eigenvalue weighted by Crippen LogP contribution is -1.91. The maximum atomic E-state index is 2.55. The average molecular weight is 737 g/mol. The second-order valence-corrected chi connectivity index (χ2v) is 16.5. The minimum atomic E-state index is 1.24. The maximum Gasteiger partial charge on any atom is -0.000719 e. The summed E-state index contributed by atoms with van der Waals surface area (Å²) in [6.07, 6.45) is 0. The van der Waals surface area contributed by atoms with Crippen LogP contribution in [0, 0.1) is 27.7 Å². The van der Waals surface area contributed by atoms with E-state index in [9.17, 15) is 0 Å². The van der Waals surface area contributed by atoms with Gasteiger partial charge >= 0.3 is 0 Å². The third-order valence-electron chi connectivity index (χ3n) is 13.3. The maximum absolute atomic E-state index is 2.55. The highest BCUT2D eigenvalue weighted by molar-refractivity contribution is 6.45. The van der Waals surface area contributed by atoms with E-state index >= 15 is 0 Å². The van der Waals surface area contributed by atoms with Gasteiger partial charge in [0.15, 0.2) is 0 Å². The fourth-order valence-electron chi connectivity index (χ4n) is 10.9. The van der Waals surface area contributed by atoms with Crippen molar-refractivity contribution >= 4 is 75.4 Å². The van der Waals surface area contributed by atoms with Crippen LogP contribution in [0.3, 0.4) is 0 Å². The molecule has 12 aromatic rings. The quantitative estimate of drug-likeness (QED) is 0.158. The van der Waals surface area contributed by atoms with Gasteiger partial charge in [-0.25, -0.2) is 0 Å². The Morgan fingerprint density at radius 1 is 0.224 bits per heavy atom. The van der Waals surface area contributed by atoms with E-state index in [4.69, 9.17) is 0 Å². The summed E-state index contributed by atoms with van der Waals surface area (Å²) >= 11 is 0. The first-order valence-corrected chi connectivity index (χ1v) is 20.5. The molecular formula is C58H40. The topological polar surface area (TPSA) is 0 Å². The van der Waals surface area contributed by atoms with Crippen molar-refractivity contribution in [3.05, 3.63) is 192 Å². The summed E-state index contributed by atoms with van der Waals surface area (Å²) in [6.45, 7) is 8.96. The van der Waals surface area contributed by atoms with Crippen LogP contribution in [0.5, 0.6) is 0 Å². The molecule has 0 nitrogen and oxygen atoms in total. The minimum Gasteiger partial charge on any atom is -0.0622 e. The number of aryl methyl sites for hydroxylation is 4. The molecule has 58 heavy (non-hydrogen) atoms. The summed E-state index contributed by atoms with van der Waals surface area (Å²) < 4.78 is 0. The first-order valence-electron chi connectivity index (χ1n) is 20.5. The van der Waals surface area contributed by atoms with Crippen LogP contribution < -0.4 is 0 Å². The second kappa shape index (κ2) is 12.2. The van der Waals surface area contributed by atoms with Crippen molar-refractivity contribution in [1.29, 1.82) is 0 Å². The van der Waals surface area contributed by atoms with E-state index in [1.807, 2.05) is 0 Å². The zero-order valence-corrected chi connectivity index (χ0v) is 33.2. The predicted octanol–water partition coefficient (Wildman–Crippen LogP) is 16.5. The summed E-state index contributed by atoms with van der Waals surface area (Å²) in [6, 6.07) is 64.2. The van der Waals surface area contributed by atoms with Gasteiger partial charge in [0.05, 0.1) is 0 Å². The molecule has 0 aliphatic rings. The summed E-state index contributed by atoms with van der Waals surface area (Å²) in [5.74, 6) is 0. The van der Waals surface area contributed by atoms with Gasteiger partial charge in [0.25, 0.3) is 0 Å². The van der Waals surface area contributed by atoms with Crippen molar-refractivity contribution in [3.8, 4) is 44.5 Å². The Labute approximate surface area is 338 Å². The molecular weight excluding hydrogens is 697 g/mol. The molecule has 0 saturated heterocycles. The molecule has 0 amide bonds. The monoisotopic (exact) mass is 736 g/mol. The third kappa shape index (κ3) is 4.46. The lowest BCUT2D eigenvalue weighted by molar-refractivity contribution is 1.38. The first-order chi connectivity index (χ1) is 28.5. The SMILES string of the molecule is Cc1cccc(C)c1-c1ccc2c(c1)c1cccc3c4c(-c5ccccc5)c5c6ccc(-c7c(C)cccc7C)c7cccc(c5c(-c5ccccc5)c4cc2c13)c76. The molecule has 0 saturated carbocycles. The van der Waals surface area contributed by atoms with E-state index in [1.54, 1.807) is 0 Å². The van der Waals surface area contributed by atoms with E-state index in [1.165, 1.54) is 142 Å². The highest BCUT2D eigenvalue weighted by atomic mass is 14.3. The summed E-state index contributed by atoms with van der Waals surface area (Å²) in [5.41, 5.74) is 15.6. The van der Waals surface area contributed by atoms with Gasteiger partial charge in [-0.3, -0.25) is 0 Å². The molecule has 0 heterocycles. The van der Waals surface area contributed by atoms with Crippen LogP contribution in [0.25, 0.3) is 120 Å². The van der Waals surface area contributed by atoms with Crippen molar-refractivity contribution in [2.45, 2.75) is 27.7 Å². The van der Waals surface area contributed by atoms with Gasteiger partial charge < -0.3 is 0 Å². The van der Waals surface area contributed by atoms with Crippen LogP contribution in [0.1, 0.15) is 22.3 Å². The van der Waals surface area contributed by atoms with Gasteiger partial charge in [0.2, 0.25) is 0 Å².